The van der Waals surface area contributed by atoms with Crippen LogP contribution in [0.5, 0.6) is 0 Å². The second kappa shape index (κ2) is 6.46. The number of nitrogens with zero attached hydrogens (tertiary/aromatic N) is 3. The molecule has 6 heteroatoms. The molecule has 6 atom stereocenters. The molecule has 1 saturated carbocycles. The Labute approximate surface area is 140 Å². The van der Waals surface area contributed by atoms with E-state index < -0.39 is 0 Å². The molecule has 1 aliphatic carbocycles. The summed E-state index contributed by atoms with van der Waals surface area (Å²) < 4.78 is 5.85. The normalized spacial score (nSPS) is 41.2. The van der Waals surface area contributed by atoms with Gasteiger partial charge in [-0.1, -0.05) is 15.9 Å². The minimum Gasteiger partial charge on any atom is -0.360 e. The van der Waals surface area contributed by atoms with Crippen LogP contribution in [-0.2, 0) is 9.53 Å². The predicted molar refractivity (Wildman–Crippen MR) is 86.4 cm³/mol. The number of ether oxygens (including phenoxy) is 1. The fourth-order valence-electron chi connectivity index (χ4n) is 4.22. The molecule has 0 aromatic rings. The van der Waals surface area contributed by atoms with Crippen molar-refractivity contribution in [1.82, 2.24) is 9.80 Å². The zero-order chi connectivity index (χ0) is 15.9. The van der Waals surface area contributed by atoms with Gasteiger partial charge in [0.15, 0.2) is 0 Å². The smallest absolute Gasteiger partial charge is 0.226 e. The standard InChI is InChI=1S/C16H24BrN3O2/c1-19(2)5-6-20-4-3-11-12(16(20)21)8-14-13(15(11)17)7-10(9-18)22-14/h10-15H,3-8H2,1-2H3. The first-order chi connectivity index (χ1) is 10.5. The molecule has 0 aromatic heterocycles. The average molecular weight is 370 g/mol. The molecule has 2 aliphatic heterocycles. The van der Waals surface area contributed by atoms with E-state index in [-0.39, 0.29) is 24.0 Å². The second-order valence-electron chi connectivity index (χ2n) is 7.06. The summed E-state index contributed by atoms with van der Waals surface area (Å²) in [7, 11) is 4.07. The largest absolute Gasteiger partial charge is 0.360 e. The van der Waals surface area contributed by atoms with Crippen molar-refractivity contribution in [2.75, 3.05) is 33.7 Å². The fraction of sp³-hybridized carbons (Fsp3) is 0.875. The number of piperidine rings is 1. The van der Waals surface area contributed by atoms with E-state index in [2.05, 4.69) is 26.9 Å². The Morgan fingerprint density at radius 1 is 1.41 bits per heavy atom. The van der Waals surface area contributed by atoms with Crippen LogP contribution < -0.4 is 0 Å². The van der Waals surface area contributed by atoms with E-state index in [9.17, 15) is 4.79 Å². The van der Waals surface area contributed by atoms with Crippen molar-refractivity contribution in [2.24, 2.45) is 17.8 Å². The van der Waals surface area contributed by atoms with Crippen molar-refractivity contribution in [2.45, 2.75) is 36.3 Å². The molecule has 5 nitrogen and oxygen atoms in total. The van der Waals surface area contributed by atoms with Gasteiger partial charge in [-0.25, -0.2) is 0 Å². The lowest BCUT2D eigenvalue weighted by atomic mass is 9.68. The van der Waals surface area contributed by atoms with Crippen molar-refractivity contribution in [3.63, 3.8) is 0 Å². The summed E-state index contributed by atoms with van der Waals surface area (Å²) in [6.07, 6.45) is 2.41. The van der Waals surface area contributed by atoms with Crippen LogP contribution in [0.4, 0.5) is 0 Å². The van der Waals surface area contributed by atoms with Gasteiger partial charge in [0.2, 0.25) is 5.91 Å². The SMILES string of the molecule is CN(C)CCN1CCC2C(CC3OC(C#N)CC3C2Br)C1=O. The lowest BCUT2D eigenvalue weighted by molar-refractivity contribution is -0.146. The van der Waals surface area contributed by atoms with Crippen LogP contribution in [0, 0.1) is 29.1 Å². The Bertz CT molecular complexity index is 479. The highest BCUT2D eigenvalue weighted by atomic mass is 79.9. The number of carbonyl (C=O) groups excluding carboxylic acids is 1. The van der Waals surface area contributed by atoms with Gasteiger partial charge in [0.05, 0.1) is 12.2 Å². The number of hydrogen-bond acceptors (Lipinski definition) is 4. The number of alkyl halides is 1. The van der Waals surface area contributed by atoms with Gasteiger partial charge < -0.3 is 14.5 Å². The fourth-order valence-corrected chi connectivity index (χ4v) is 5.41. The Morgan fingerprint density at radius 2 is 2.18 bits per heavy atom. The van der Waals surface area contributed by atoms with Gasteiger partial charge in [0.25, 0.3) is 0 Å². The minimum atomic E-state index is -0.296. The molecule has 6 unspecified atom stereocenters. The van der Waals surface area contributed by atoms with Gasteiger partial charge in [-0.15, -0.1) is 0 Å². The van der Waals surface area contributed by atoms with Gasteiger partial charge >= 0.3 is 0 Å². The van der Waals surface area contributed by atoms with E-state index in [4.69, 9.17) is 10.00 Å². The van der Waals surface area contributed by atoms with Crippen molar-refractivity contribution < 1.29 is 9.53 Å². The predicted octanol–water partition coefficient (Wildman–Crippen LogP) is 1.48. The van der Waals surface area contributed by atoms with Crippen LogP contribution in [0.2, 0.25) is 0 Å². The lowest BCUT2D eigenvalue weighted by Gasteiger charge is -2.46. The number of halogens is 1. The molecule has 22 heavy (non-hydrogen) atoms. The molecule has 0 bridgehead atoms. The molecule has 0 radical (unpaired) electrons. The first-order valence-electron chi connectivity index (χ1n) is 8.14. The summed E-state index contributed by atoms with van der Waals surface area (Å²) >= 11 is 3.84. The topological polar surface area (TPSA) is 56.6 Å². The number of amides is 1. The van der Waals surface area contributed by atoms with Crippen molar-refractivity contribution in [3.8, 4) is 6.07 Å². The monoisotopic (exact) mass is 369 g/mol. The van der Waals surface area contributed by atoms with Crippen molar-refractivity contribution >= 4 is 21.8 Å². The number of likely N-dealkylation sites (tertiary alicyclic amines) is 1. The van der Waals surface area contributed by atoms with Gasteiger partial charge in [0, 0.05) is 36.3 Å². The third-order valence-corrected chi connectivity index (χ3v) is 6.80. The van der Waals surface area contributed by atoms with Crippen LogP contribution in [0.3, 0.4) is 0 Å². The highest BCUT2D eigenvalue weighted by Crippen LogP contribution is 2.49. The first-order valence-corrected chi connectivity index (χ1v) is 9.05. The Hall–Kier alpha value is -0.640. The summed E-state index contributed by atoms with van der Waals surface area (Å²) in [6, 6.07) is 2.23. The van der Waals surface area contributed by atoms with E-state index in [1.807, 2.05) is 19.0 Å². The third-order valence-electron chi connectivity index (χ3n) is 5.45. The lowest BCUT2D eigenvalue weighted by Crippen LogP contribution is -2.54. The van der Waals surface area contributed by atoms with Crippen molar-refractivity contribution in [3.05, 3.63) is 0 Å². The van der Waals surface area contributed by atoms with E-state index >= 15 is 0 Å². The van der Waals surface area contributed by atoms with Crippen LogP contribution in [-0.4, -0.2) is 66.5 Å². The highest BCUT2D eigenvalue weighted by molar-refractivity contribution is 9.09. The molecule has 3 aliphatic rings. The maximum absolute atomic E-state index is 12.8. The van der Waals surface area contributed by atoms with Crippen LogP contribution >= 0.6 is 15.9 Å². The van der Waals surface area contributed by atoms with E-state index in [1.165, 1.54) is 0 Å². The zero-order valence-electron chi connectivity index (χ0n) is 13.2. The third kappa shape index (κ3) is 2.91. The van der Waals surface area contributed by atoms with E-state index in [0.717, 1.165) is 38.9 Å². The van der Waals surface area contributed by atoms with Crippen LogP contribution in [0.1, 0.15) is 19.3 Å². The quantitative estimate of drug-likeness (QED) is 0.707. The molecular formula is C16H24BrN3O2. The van der Waals surface area contributed by atoms with Gasteiger partial charge in [-0.05, 0) is 39.3 Å². The number of carbonyl (C=O) groups is 1. The maximum Gasteiger partial charge on any atom is 0.226 e. The van der Waals surface area contributed by atoms with Crippen molar-refractivity contribution in [1.29, 1.82) is 5.26 Å². The first kappa shape index (κ1) is 16.2. The summed E-state index contributed by atoms with van der Waals surface area (Å²) in [5.74, 6) is 1.11. The van der Waals surface area contributed by atoms with Gasteiger partial charge in [-0.3, -0.25) is 4.79 Å². The zero-order valence-corrected chi connectivity index (χ0v) is 14.8. The Balaban J connectivity index is 1.69. The molecule has 2 heterocycles. The molecule has 0 N–H and O–H groups in total. The van der Waals surface area contributed by atoms with Gasteiger partial charge in [0.1, 0.15) is 6.10 Å². The Morgan fingerprint density at radius 3 is 2.86 bits per heavy atom. The second-order valence-corrected chi connectivity index (χ2v) is 8.12. The number of hydrogen-bond donors (Lipinski definition) is 0. The number of nitriles is 1. The molecule has 122 valence electrons. The maximum atomic E-state index is 12.8. The summed E-state index contributed by atoms with van der Waals surface area (Å²) in [5.41, 5.74) is 0. The highest BCUT2D eigenvalue weighted by Gasteiger charge is 2.52. The average Bonchev–Trinajstić information content (AvgIpc) is 2.91. The summed E-state index contributed by atoms with van der Waals surface area (Å²) in [4.78, 5) is 17.2. The molecule has 1 amide bonds. The number of fused-ring (bicyclic) bond motifs is 2. The molecule has 3 fully saturated rings. The van der Waals surface area contributed by atoms with E-state index in [0.29, 0.717) is 16.7 Å². The van der Waals surface area contributed by atoms with Crippen LogP contribution in [0.25, 0.3) is 0 Å². The summed E-state index contributed by atoms with van der Waals surface area (Å²) in [6.45, 7) is 2.56. The molecule has 0 spiro atoms. The Kier molecular flexibility index (Phi) is 4.77. The molecule has 3 rings (SSSR count). The minimum absolute atomic E-state index is 0.0546. The molecule has 2 saturated heterocycles. The molecule has 0 aromatic carbocycles. The summed E-state index contributed by atoms with van der Waals surface area (Å²) in [5, 5.41) is 9.10. The number of rotatable bonds is 3. The van der Waals surface area contributed by atoms with Gasteiger partial charge in [-0.2, -0.15) is 5.26 Å². The van der Waals surface area contributed by atoms with E-state index in [1.54, 1.807) is 0 Å². The van der Waals surface area contributed by atoms with Crippen LogP contribution in [0.15, 0.2) is 0 Å². The molecular weight excluding hydrogens is 346 g/mol. The number of likely N-dealkylation sites (N-methyl/N-ethyl adjacent to an activating group) is 1.